The Kier molecular flexibility index (Phi) is 5.09. The number of rotatable bonds is 6. The van der Waals surface area contributed by atoms with E-state index < -0.39 is 0 Å². The molecular formula is C23H28O5. The van der Waals surface area contributed by atoms with Gasteiger partial charge >= 0.3 is 0 Å². The van der Waals surface area contributed by atoms with Crippen LogP contribution >= 0.6 is 0 Å². The van der Waals surface area contributed by atoms with Gasteiger partial charge in [0.15, 0.2) is 17.3 Å². The zero-order valence-corrected chi connectivity index (χ0v) is 17.1. The number of carbonyl (C=O) groups excluding carboxylic acids is 1. The fourth-order valence-corrected chi connectivity index (χ4v) is 4.96. The number of hydrogen-bond acceptors (Lipinski definition) is 5. The van der Waals surface area contributed by atoms with Crippen LogP contribution in [-0.4, -0.2) is 33.2 Å². The van der Waals surface area contributed by atoms with Gasteiger partial charge in [-0.15, -0.1) is 0 Å². The molecule has 1 saturated carbocycles. The van der Waals surface area contributed by atoms with Gasteiger partial charge in [-0.1, -0.05) is 12.8 Å². The summed E-state index contributed by atoms with van der Waals surface area (Å²) in [6, 6.07) is 3.97. The van der Waals surface area contributed by atoms with Gasteiger partial charge in [0, 0.05) is 22.3 Å². The predicted octanol–water partition coefficient (Wildman–Crippen LogP) is 5.12. The standard InChI is InChI=1S/C23H28O5/c1-5-27-18-12-16-17(25-3)11-15-13-9-7-8-10-14(13)21(24)19(15)20(16)23(28-6-2)22(18)26-4/h11-14H,5-10H2,1-4H3. The number of ketones is 1. The van der Waals surface area contributed by atoms with Crippen molar-refractivity contribution in [2.24, 2.45) is 5.92 Å². The summed E-state index contributed by atoms with van der Waals surface area (Å²) < 4.78 is 23.3. The van der Waals surface area contributed by atoms with E-state index in [1.54, 1.807) is 14.2 Å². The highest BCUT2D eigenvalue weighted by molar-refractivity contribution is 6.17. The first kappa shape index (κ1) is 18.9. The lowest BCUT2D eigenvalue weighted by Crippen LogP contribution is -2.17. The van der Waals surface area contributed by atoms with Crippen LogP contribution in [0.1, 0.15) is 61.4 Å². The Morgan fingerprint density at radius 2 is 1.61 bits per heavy atom. The molecule has 0 bridgehead atoms. The largest absolute Gasteiger partial charge is 0.496 e. The minimum atomic E-state index is 0.0751. The zero-order chi connectivity index (χ0) is 19.8. The first-order valence-electron chi connectivity index (χ1n) is 10.2. The van der Waals surface area contributed by atoms with Crippen LogP contribution in [0.25, 0.3) is 10.8 Å². The van der Waals surface area contributed by atoms with Crippen LogP contribution < -0.4 is 18.9 Å². The molecule has 2 aliphatic rings. The van der Waals surface area contributed by atoms with Crippen molar-refractivity contribution >= 4 is 16.6 Å². The van der Waals surface area contributed by atoms with E-state index in [0.717, 1.165) is 46.9 Å². The lowest BCUT2D eigenvalue weighted by molar-refractivity contribution is 0.0899. The summed E-state index contributed by atoms with van der Waals surface area (Å²) in [6.45, 7) is 4.83. The Hall–Kier alpha value is -2.43. The minimum Gasteiger partial charge on any atom is -0.496 e. The maximum absolute atomic E-state index is 13.4. The van der Waals surface area contributed by atoms with Crippen molar-refractivity contribution < 1.29 is 23.7 Å². The molecule has 2 aromatic rings. The second-order valence-corrected chi connectivity index (χ2v) is 7.43. The van der Waals surface area contributed by atoms with Crippen LogP contribution in [-0.2, 0) is 0 Å². The topological polar surface area (TPSA) is 54.0 Å². The highest BCUT2D eigenvalue weighted by Crippen LogP contribution is 2.55. The molecule has 0 N–H and O–H groups in total. The maximum Gasteiger partial charge on any atom is 0.204 e. The molecule has 2 aromatic carbocycles. The number of Topliss-reactive ketones (excluding diaryl/α,β-unsaturated/α-hetero) is 1. The number of ether oxygens (including phenoxy) is 4. The average Bonchev–Trinajstić information content (AvgIpc) is 3.00. The summed E-state index contributed by atoms with van der Waals surface area (Å²) in [5, 5.41) is 1.64. The zero-order valence-electron chi connectivity index (χ0n) is 17.1. The van der Waals surface area contributed by atoms with E-state index in [4.69, 9.17) is 18.9 Å². The van der Waals surface area contributed by atoms with Gasteiger partial charge in [-0.3, -0.25) is 4.79 Å². The molecule has 0 amide bonds. The summed E-state index contributed by atoms with van der Waals surface area (Å²) in [6.07, 6.45) is 4.29. The van der Waals surface area contributed by atoms with Gasteiger partial charge in [-0.2, -0.15) is 0 Å². The van der Waals surface area contributed by atoms with Crippen molar-refractivity contribution in [2.75, 3.05) is 27.4 Å². The highest BCUT2D eigenvalue weighted by atomic mass is 16.5. The van der Waals surface area contributed by atoms with Crippen molar-refractivity contribution in [3.63, 3.8) is 0 Å². The summed E-state index contributed by atoms with van der Waals surface area (Å²) >= 11 is 0. The molecule has 0 heterocycles. The Balaban J connectivity index is 2.09. The maximum atomic E-state index is 13.4. The van der Waals surface area contributed by atoms with Crippen LogP contribution in [0.2, 0.25) is 0 Å². The van der Waals surface area contributed by atoms with Crippen molar-refractivity contribution in [1.29, 1.82) is 0 Å². The molecule has 5 heteroatoms. The number of methoxy groups -OCH3 is 2. The molecule has 4 rings (SSSR count). The normalized spacial score (nSPS) is 20.6. The summed E-state index contributed by atoms with van der Waals surface area (Å²) in [4.78, 5) is 13.4. The number of fused-ring (bicyclic) bond motifs is 5. The van der Waals surface area contributed by atoms with E-state index in [9.17, 15) is 4.79 Å². The molecular weight excluding hydrogens is 356 g/mol. The number of hydrogen-bond donors (Lipinski definition) is 0. The lowest BCUT2D eigenvalue weighted by Gasteiger charge is -2.24. The van der Waals surface area contributed by atoms with Gasteiger partial charge in [-0.25, -0.2) is 0 Å². The quantitative estimate of drug-likeness (QED) is 0.691. The molecule has 0 spiro atoms. The molecule has 1 fully saturated rings. The van der Waals surface area contributed by atoms with Crippen molar-refractivity contribution in [1.82, 2.24) is 0 Å². The van der Waals surface area contributed by atoms with Crippen LogP contribution in [0, 0.1) is 5.92 Å². The first-order chi connectivity index (χ1) is 13.7. The van der Waals surface area contributed by atoms with Gasteiger partial charge in [0.2, 0.25) is 5.75 Å². The molecule has 2 unspecified atom stereocenters. The molecule has 5 nitrogen and oxygen atoms in total. The van der Waals surface area contributed by atoms with E-state index in [1.807, 2.05) is 19.9 Å². The Bertz CT molecular complexity index is 917. The van der Waals surface area contributed by atoms with Crippen molar-refractivity contribution in [3.05, 3.63) is 23.3 Å². The molecule has 150 valence electrons. The fourth-order valence-electron chi connectivity index (χ4n) is 4.96. The lowest BCUT2D eigenvalue weighted by atomic mass is 9.79. The molecule has 0 aliphatic heterocycles. The second kappa shape index (κ2) is 7.53. The molecule has 28 heavy (non-hydrogen) atoms. The Labute approximate surface area is 165 Å². The van der Waals surface area contributed by atoms with E-state index in [2.05, 4.69) is 6.07 Å². The van der Waals surface area contributed by atoms with Gasteiger partial charge < -0.3 is 18.9 Å². The third-order valence-electron chi connectivity index (χ3n) is 6.05. The van der Waals surface area contributed by atoms with E-state index in [-0.39, 0.29) is 17.6 Å². The van der Waals surface area contributed by atoms with E-state index in [1.165, 1.54) is 6.42 Å². The number of carbonyl (C=O) groups is 1. The third-order valence-corrected chi connectivity index (χ3v) is 6.05. The Morgan fingerprint density at radius 1 is 0.893 bits per heavy atom. The average molecular weight is 384 g/mol. The summed E-state index contributed by atoms with van der Waals surface area (Å²) in [5.41, 5.74) is 1.89. The smallest absolute Gasteiger partial charge is 0.204 e. The van der Waals surface area contributed by atoms with Gasteiger partial charge in [0.1, 0.15) is 5.75 Å². The van der Waals surface area contributed by atoms with Gasteiger partial charge in [-0.05, 0) is 50.3 Å². The molecule has 2 aliphatic carbocycles. The minimum absolute atomic E-state index is 0.0751. The van der Waals surface area contributed by atoms with Gasteiger partial charge in [0.05, 0.1) is 27.4 Å². The van der Waals surface area contributed by atoms with Crippen molar-refractivity contribution in [3.8, 4) is 23.0 Å². The van der Waals surface area contributed by atoms with Crippen molar-refractivity contribution in [2.45, 2.75) is 45.4 Å². The van der Waals surface area contributed by atoms with Crippen LogP contribution in [0.3, 0.4) is 0 Å². The second-order valence-electron chi connectivity index (χ2n) is 7.43. The molecule has 0 aromatic heterocycles. The highest BCUT2D eigenvalue weighted by Gasteiger charge is 2.43. The molecule has 0 saturated heterocycles. The first-order valence-corrected chi connectivity index (χ1v) is 10.2. The van der Waals surface area contributed by atoms with E-state index >= 15 is 0 Å². The predicted molar refractivity (Wildman–Crippen MR) is 108 cm³/mol. The Morgan fingerprint density at radius 3 is 2.25 bits per heavy atom. The van der Waals surface area contributed by atoms with Crippen LogP contribution in [0.4, 0.5) is 0 Å². The molecule has 0 radical (unpaired) electrons. The molecule has 2 atom stereocenters. The summed E-state index contributed by atoms with van der Waals surface area (Å²) in [7, 11) is 3.27. The van der Waals surface area contributed by atoms with Crippen LogP contribution in [0.15, 0.2) is 12.1 Å². The van der Waals surface area contributed by atoms with Crippen LogP contribution in [0.5, 0.6) is 23.0 Å². The van der Waals surface area contributed by atoms with E-state index in [0.29, 0.717) is 30.5 Å². The third kappa shape index (κ3) is 2.71. The monoisotopic (exact) mass is 384 g/mol. The number of benzene rings is 2. The van der Waals surface area contributed by atoms with Gasteiger partial charge in [0.25, 0.3) is 0 Å². The summed E-state index contributed by atoms with van der Waals surface area (Å²) in [5.74, 6) is 3.05. The SMILES string of the molecule is CCOc1cc2c(OC)cc3c(c2c(OCC)c1OC)C(=O)C1CCCCC31. The fraction of sp³-hybridized carbons (Fsp3) is 0.522.